The van der Waals surface area contributed by atoms with Gasteiger partial charge in [-0.25, -0.2) is 0 Å². The Morgan fingerprint density at radius 3 is 2.56 bits per heavy atom. The maximum absolute atomic E-state index is 9.95. The first kappa shape index (κ1) is 13.2. The van der Waals surface area contributed by atoms with Crippen LogP contribution in [0.1, 0.15) is 30.9 Å². The first-order chi connectivity index (χ1) is 8.61. The summed E-state index contributed by atoms with van der Waals surface area (Å²) in [6.45, 7) is 9.63. The van der Waals surface area contributed by atoms with Crippen molar-refractivity contribution in [3.05, 3.63) is 23.3 Å². The third-order valence-electron chi connectivity index (χ3n) is 4.03. The molecule has 0 unspecified atom stereocenters. The lowest BCUT2D eigenvalue weighted by molar-refractivity contribution is 0.229. The van der Waals surface area contributed by atoms with E-state index in [1.165, 1.54) is 25.9 Å². The van der Waals surface area contributed by atoms with Gasteiger partial charge in [0.25, 0.3) is 0 Å². The van der Waals surface area contributed by atoms with Gasteiger partial charge in [-0.05, 0) is 44.9 Å². The van der Waals surface area contributed by atoms with E-state index in [-0.39, 0.29) is 0 Å². The fraction of sp³-hybridized carbons (Fsp3) is 0.600. The summed E-state index contributed by atoms with van der Waals surface area (Å²) in [5, 5.41) is 13.5. The number of phenols is 1. The lowest BCUT2D eigenvalue weighted by Crippen LogP contribution is -2.38. The highest BCUT2D eigenvalue weighted by atomic mass is 16.3. The van der Waals surface area contributed by atoms with Crippen molar-refractivity contribution in [2.45, 2.75) is 39.7 Å². The van der Waals surface area contributed by atoms with Crippen molar-refractivity contribution in [3.8, 4) is 5.75 Å². The van der Waals surface area contributed by atoms with Crippen molar-refractivity contribution >= 4 is 5.69 Å². The Balaban J connectivity index is 2.00. The number of aromatic hydroxyl groups is 1. The van der Waals surface area contributed by atoms with Gasteiger partial charge in [0.05, 0.1) is 0 Å². The molecule has 2 N–H and O–H groups in total. The van der Waals surface area contributed by atoms with Crippen molar-refractivity contribution in [2.24, 2.45) is 0 Å². The number of phenolic OH excluding ortho intramolecular Hbond substituents is 1. The number of benzene rings is 1. The van der Waals surface area contributed by atoms with Gasteiger partial charge in [0.1, 0.15) is 5.75 Å². The minimum absolute atomic E-state index is 0.422. The predicted molar refractivity (Wildman–Crippen MR) is 76.3 cm³/mol. The highest BCUT2D eigenvalue weighted by molar-refractivity contribution is 5.59. The van der Waals surface area contributed by atoms with E-state index in [1.807, 2.05) is 19.9 Å². The first-order valence-electron chi connectivity index (χ1n) is 6.90. The molecule has 1 saturated heterocycles. The Morgan fingerprint density at radius 1 is 1.28 bits per heavy atom. The van der Waals surface area contributed by atoms with Crippen molar-refractivity contribution in [3.63, 3.8) is 0 Å². The van der Waals surface area contributed by atoms with Crippen LogP contribution in [0.2, 0.25) is 0 Å². The monoisotopic (exact) mass is 248 g/mol. The smallest absolute Gasteiger partial charge is 0.123 e. The zero-order chi connectivity index (χ0) is 13.1. The molecule has 1 aliphatic heterocycles. The molecule has 0 spiro atoms. The van der Waals surface area contributed by atoms with Crippen LogP contribution < -0.4 is 5.32 Å². The number of likely N-dealkylation sites (tertiary alicyclic amines) is 1. The minimum atomic E-state index is 0.422. The molecule has 0 bridgehead atoms. The summed E-state index contributed by atoms with van der Waals surface area (Å²) in [4.78, 5) is 2.48. The largest absolute Gasteiger partial charge is 0.507 e. The zero-order valence-electron chi connectivity index (χ0n) is 11.7. The van der Waals surface area contributed by atoms with E-state index in [2.05, 4.69) is 23.2 Å². The fourth-order valence-electron chi connectivity index (χ4n) is 2.61. The van der Waals surface area contributed by atoms with Crippen LogP contribution in [-0.2, 0) is 0 Å². The average Bonchev–Trinajstić information content (AvgIpc) is 2.40. The highest BCUT2D eigenvalue weighted by Crippen LogP contribution is 2.29. The normalized spacial score (nSPS) is 17.9. The van der Waals surface area contributed by atoms with E-state index < -0.39 is 0 Å². The van der Waals surface area contributed by atoms with Crippen LogP contribution in [0.15, 0.2) is 12.1 Å². The zero-order valence-corrected chi connectivity index (χ0v) is 11.7. The van der Waals surface area contributed by atoms with E-state index in [9.17, 15) is 5.11 Å². The van der Waals surface area contributed by atoms with Crippen molar-refractivity contribution in [1.29, 1.82) is 0 Å². The molecule has 0 amide bonds. The molecule has 100 valence electrons. The van der Waals surface area contributed by atoms with E-state index in [1.54, 1.807) is 0 Å². The Hall–Kier alpha value is -1.22. The topological polar surface area (TPSA) is 35.5 Å². The number of nitrogens with zero attached hydrogens (tertiary/aromatic N) is 1. The fourth-order valence-corrected chi connectivity index (χ4v) is 2.61. The maximum Gasteiger partial charge on any atom is 0.123 e. The second-order valence-electron chi connectivity index (χ2n) is 5.26. The summed E-state index contributed by atoms with van der Waals surface area (Å²) >= 11 is 0. The van der Waals surface area contributed by atoms with Gasteiger partial charge in [0.15, 0.2) is 0 Å². The quantitative estimate of drug-likeness (QED) is 0.863. The number of hydrogen-bond acceptors (Lipinski definition) is 3. The van der Waals surface area contributed by atoms with E-state index in [0.29, 0.717) is 11.8 Å². The van der Waals surface area contributed by atoms with Gasteiger partial charge in [-0.2, -0.15) is 0 Å². The van der Waals surface area contributed by atoms with Gasteiger partial charge in [0.2, 0.25) is 0 Å². The summed E-state index contributed by atoms with van der Waals surface area (Å²) < 4.78 is 0. The number of rotatable bonds is 3. The standard InChI is InChI=1S/C15H24N2O/c1-4-17-9-7-13(8-10-17)16-14-6-5-11(2)15(18)12(14)3/h5-6,13,16,18H,4,7-10H2,1-3H3. The summed E-state index contributed by atoms with van der Waals surface area (Å²) in [6, 6.07) is 4.59. The number of piperidine rings is 1. The average molecular weight is 248 g/mol. The summed E-state index contributed by atoms with van der Waals surface area (Å²) in [6.07, 6.45) is 2.36. The van der Waals surface area contributed by atoms with Crippen LogP contribution >= 0.6 is 0 Å². The predicted octanol–water partition coefficient (Wildman–Crippen LogP) is 2.91. The molecular weight excluding hydrogens is 224 g/mol. The van der Waals surface area contributed by atoms with Gasteiger partial charge < -0.3 is 15.3 Å². The molecule has 0 radical (unpaired) electrons. The third kappa shape index (κ3) is 2.78. The SMILES string of the molecule is CCN1CCC(Nc2ccc(C)c(O)c2C)CC1. The molecule has 1 aromatic carbocycles. The van der Waals surface area contributed by atoms with Crippen LogP contribution in [0.4, 0.5) is 5.69 Å². The van der Waals surface area contributed by atoms with Crippen molar-refractivity contribution < 1.29 is 5.11 Å². The lowest BCUT2D eigenvalue weighted by atomic mass is 10.0. The van der Waals surface area contributed by atoms with Gasteiger partial charge in [-0.1, -0.05) is 13.0 Å². The summed E-state index contributed by atoms with van der Waals surface area (Å²) in [7, 11) is 0. The molecule has 2 rings (SSSR count). The number of hydrogen-bond donors (Lipinski definition) is 2. The molecule has 1 aromatic rings. The Kier molecular flexibility index (Phi) is 4.12. The molecule has 0 aromatic heterocycles. The van der Waals surface area contributed by atoms with Gasteiger partial charge in [0, 0.05) is 30.4 Å². The molecule has 0 atom stereocenters. The second kappa shape index (κ2) is 5.61. The minimum Gasteiger partial charge on any atom is -0.507 e. The van der Waals surface area contributed by atoms with Crippen molar-refractivity contribution in [2.75, 3.05) is 25.0 Å². The van der Waals surface area contributed by atoms with Crippen LogP contribution in [0.5, 0.6) is 5.75 Å². The van der Waals surface area contributed by atoms with Gasteiger partial charge in [-0.3, -0.25) is 0 Å². The Morgan fingerprint density at radius 2 is 1.94 bits per heavy atom. The van der Waals surface area contributed by atoms with Crippen LogP contribution in [0, 0.1) is 13.8 Å². The molecule has 1 fully saturated rings. The lowest BCUT2D eigenvalue weighted by Gasteiger charge is -2.32. The maximum atomic E-state index is 9.95. The third-order valence-corrected chi connectivity index (χ3v) is 4.03. The molecule has 0 aliphatic carbocycles. The Labute approximate surface area is 110 Å². The van der Waals surface area contributed by atoms with Gasteiger partial charge in [-0.15, -0.1) is 0 Å². The molecule has 1 heterocycles. The van der Waals surface area contributed by atoms with Gasteiger partial charge >= 0.3 is 0 Å². The van der Waals surface area contributed by atoms with Crippen LogP contribution in [0.25, 0.3) is 0 Å². The number of aryl methyl sites for hydroxylation is 1. The molecule has 0 saturated carbocycles. The molecule has 3 nitrogen and oxygen atoms in total. The summed E-state index contributed by atoms with van der Waals surface area (Å²) in [5.74, 6) is 0.422. The number of anilines is 1. The number of nitrogens with one attached hydrogen (secondary N) is 1. The van der Waals surface area contributed by atoms with Crippen LogP contribution in [0.3, 0.4) is 0 Å². The Bertz CT molecular complexity index is 409. The van der Waals surface area contributed by atoms with E-state index >= 15 is 0 Å². The van der Waals surface area contributed by atoms with Crippen molar-refractivity contribution in [1.82, 2.24) is 4.90 Å². The highest BCUT2D eigenvalue weighted by Gasteiger charge is 2.18. The van der Waals surface area contributed by atoms with E-state index in [0.717, 1.165) is 23.4 Å². The summed E-state index contributed by atoms with van der Waals surface area (Å²) in [5.41, 5.74) is 2.99. The van der Waals surface area contributed by atoms with Crippen LogP contribution in [-0.4, -0.2) is 35.7 Å². The molecule has 18 heavy (non-hydrogen) atoms. The molecule has 1 aliphatic rings. The van der Waals surface area contributed by atoms with E-state index in [4.69, 9.17) is 0 Å². The molecular formula is C15H24N2O. The second-order valence-corrected chi connectivity index (χ2v) is 5.26. The molecule has 3 heteroatoms. The first-order valence-corrected chi connectivity index (χ1v) is 6.90.